The van der Waals surface area contributed by atoms with Gasteiger partial charge in [0.25, 0.3) is 5.91 Å². The van der Waals surface area contributed by atoms with Gasteiger partial charge in [-0.2, -0.15) is 0 Å². The van der Waals surface area contributed by atoms with E-state index in [9.17, 15) is 14.4 Å². The average Bonchev–Trinajstić information content (AvgIpc) is 3.51. The average molecular weight is 717 g/mol. The normalized spacial score (nSPS) is 12.7. The molecule has 13 heteroatoms. The number of halogens is 4. The van der Waals surface area contributed by atoms with Crippen molar-refractivity contribution in [1.29, 1.82) is 0 Å². The first-order valence-corrected chi connectivity index (χ1v) is 16.3. The number of anilines is 1. The third-order valence-corrected chi connectivity index (χ3v) is 7.86. The number of nitrogens with zero attached hydrogens (tertiary/aromatic N) is 2. The molecule has 2 atom stereocenters. The maximum absolute atomic E-state index is 13.3. The summed E-state index contributed by atoms with van der Waals surface area (Å²) in [6, 6.07) is 12.9. The van der Waals surface area contributed by atoms with Crippen LogP contribution >= 0.6 is 46.4 Å². The molecular formula is C33H42Cl4N4O5. The summed E-state index contributed by atoms with van der Waals surface area (Å²) in [6.07, 6.45) is 0.842. The second kappa shape index (κ2) is 17.8. The van der Waals surface area contributed by atoms with E-state index in [1.807, 2.05) is 58.9 Å². The van der Waals surface area contributed by atoms with Crippen molar-refractivity contribution in [2.45, 2.75) is 77.9 Å². The fourth-order valence-electron chi connectivity index (χ4n) is 4.08. The summed E-state index contributed by atoms with van der Waals surface area (Å²) in [5, 5.41) is 10.8. The first-order valence-electron chi connectivity index (χ1n) is 14.7. The van der Waals surface area contributed by atoms with Crippen LogP contribution in [0.5, 0.6) is 0 Å². The van der Waals surface area contributed by atoms with Crippen LogP contribution in [0.25, 0.3) is 11.3 Å². The minimum absolute atomic E-state index is 0.0739. The van der Waals surface area contributed by atoms with Crippen molar-refractivity contribution in [3.8, 4) is 11.3 Å². The molecule has 0 aliphatic heterocycles. The van der Waals surface area contributed by atoms with Gasteiger partial charge in [0.2, 0.25) is 5.91 Å². The van der Waals surface area contributed by atoms with Crippen LogP contribution in [-0.4, -0.2) is 52.1 Å². The van der Waals surface area contributed by atoms with Crippen molar-refractivity contribution in [1.82, 2.24) is 15.8 Å². The van der Waals surface area contributed by atoms with E-state index in [4.69, 9.17) is 55.7 Å². The topological polar surface area (TPSA) is 114 Å². The first kappa shape index (κ1) is 39.2. The van der Waals surface area contributed by atoms with Gasteiger partial charge in [-0.25, -0.2) is 4.79 Å². The molecule has 252 valence electrons. The van der Waals surface area contributed by atoms with Gasteiger partial charge in [-0.05, 0) is 69.4 Å². The Bertz CT molecular complexity index is 1420. The molecule has 0 aliphatic carbocycles. The molecule has 3 aromatic rings. The molecule has 1 heterocycles. The highest BCUT2D eigenvalue weighted by Crippen LogP contribution is 2.27. The van der Waals surface area contributed by atoms with Gasteiger partial charge in [0.1, 0.15) is 11.6 Å². The van der Waals surface area contributed by atoms with Gasteiger partial charge >= 0.3 is 6.09 Å². The SMILES string of the molecule is CC(C)C(CN(C(=O)C(Cl)Cl)c1cccc(-c2ccno2)c1)NC(=O)C(NC(=O)OC(C)(C)C)C(C)C.Cc1c(Cl)cccc1Cl. The second-order valence-electron chi connectivity index (χ2n) is 12.3. The van der Waals surface area contributed by atoms with Crippen LogP contribution < -0.4 is 15.5 Å². The zero-order valence-electron chi connectivity index (χ0n) is 27.2. The minimum atomic E-state index is -1.31. The van der Waals surface area contributed by atoms with E-state index in [0.717, 1.165) is 15.6 Å². The van der Waals surface area contributed by atoms with Crippen molar-refractivity contribution in [2.24, 2.45) is 11.8 Å². The lowest BCUT2D eigenvalue weighted by Gasteiger charge is -2.33. The Balaban J connectivity index is 0.000000700. The van der Waals surface area contributed by atoms with E-state index in [0.29, 0.717) is 17.0 Å². The number of amides is 3. The molecule has 1 aromatic heterocycles. The molecule has 46 heavy (non-hydrogen) atoms. The Hall–Kier alpha value is -2.98. The summed E-state index contributed by atoms with van der Waals surface area (Å²) < 4.78 is 10.6. The van der Waals surface area contributed by atoms with Gasteiger partial charge in [0.15, 0.2) is 10.6 Å². The van der Waals surface area contributed by atoms with E-state index in [1.54, 1.807) is 45.0 Å². The fraction of sp³-hybridized carbons (Fsp3) is 0.455. The number of benzene rings is 2. The van der Waals surface area contributed by atoms with E-state index >= 15 is 0 Å². The number of alkyl halides is 2. The molecule has 0 bridgehead atoms. The third kappa shape index (κ3) is 12.3. The largest absolute Gasteiger partial charge is 0.444 e. The number of ether oxygens (including phenoxy) is 1. The predicted octanol–water partition coefficient (Wildman–Crippen LogP) is 8.47. The summed E-state index contributed by atoms with van der Waals surface area (Å²) >= 11 is 23.4. The van der Waals surface area contributed by atoms with Gasteiger partial charge in [-0.1, -0.05) is 97.5 Å². The van der Waals surface area contributed by atoms with Crippen molar-refractivity contribution in [3.63, 3.8) is 0 Å². The highest BCUT2D eigenvalue weighted by molar-refractivity contribution is 6.54. The van der Waals surface area contributed by atoms with E-state index in [2.05, 4.69) is 15.8 Å². The van der Waals surface area contributed by atoms with Crippen molar-refractivity contribution in [3.05, 3.63) is 70.3 Å². The van der Waals surface area contributed by atoms with Crippen LogP contribution in [0.2, 0.25) is 10.0 Å². The molecular weight excluding hydrogens is 674 g/mol. The Morgan fingerprint density at radius 3 is 2.02 bits per heavy atom. The van der Waals surface area contributed by atoms with Gasteiger partial charge in [-0.3, -0.25) is 9.59 Å². The standard InChI is InChI=1S/C26H36Cl2N4O5.C7H6Cl2/c1-15(2)19(30-23(33)21(16(3)4)31-25(35)36-26(5,6)7)14-32(24(34)22(27)28)18-10-8-9-17(13-18)20-11-12-29-37-20;1-5-6(8)3-2-4-7(5)9/h8-13,15-16,19,21-22H,14H2,1-7H3,(H,30,33)(H,31,35);2-4H,1H3. The lowest BCUT2D eigenvalue weighted by Crippen LogP contribution is -2.56. The van der Waals surface area contributed by atoms with Crippen LogP contribution in [0.4, 0.5) is 10.5 Å². The molecule has 0 fully saturated rings. The van der Waals surface area contributed by atoms with Crippen molar-refractivity contribution in [2.75, 3.05) is 11.4 Å². The smallest absolute Gasteiger partial charge is 0.408 e. The Kier molecular flexibility index (Phi) is 15.2. The second-order valence-corrected chi connectivity index (χ2v) is 14.2. The molecule has 0 saturated heterocycles. The lowest BCUT2D eigenvalue weighted by atomic mass is 9.99. The fourth-order valence-corrected chi connectivity index (χ4v) is 4.71. The molecule has 0 radical (unpaired) electrons. The molecule has 2 N–H and O–H groups in total. The van der Waals surface area contributed by atoms with Gasteiger partial charge in [0.05, 0.1) is 6.20 Å². The zero-order chi connectivity index (χ0) is 34.8. The maximum atomic E-state index is 13.3. The predicted molar refractivity (Wildman–Crippen MR) is 186 cm³/mol. The molecule has 3 rings (SSSR count). The van der Waals surface area contributed by atoms with Crippen LogP contribution in [0.1, 0.15) is 54.0 Å². The molecule has 9 nitrogen and oxygen atoms in total. The summed E-state index contributed by atoms with van der Waals surface area (Å²) in [4.78, 5) is 38.8. The molecule has 0 saturated carbocycles. The number of hydrogen-bond acceptors (Lipinski definition) is 6. The number of hydrogen-bond donors (Lipinski definition) is 2. The maximum Gasteiger partial charge on any atom is 0.408 e. The molecule has 2 aromatic carbocycles. The zero-order valence-corrected chi connectivity index (χ0v) is 30.3. The summed E-state index contributed by atoms with van der Waals surface area (Å²) in [7, 11) is 0. The van der Waals surface area contributed by atoms with Gasteiger partial charge in [0, 0.05) is 39.9 Å². The summed E-state index contributed by atoms with van der Waals surface area (Å²) in [6.45, 7) is 14.7. The van der Waals surface area contributed by atoms with Crippen LogP contribution in [0.3, 0.4) is 0 Å². The number of alkyl carbamates (subject to hydrolysis) is 1. The van der Waals surface area contributed by atoms with Gasteiger partial charge in [-0.15, -0.1) is 0 Å². The first-order chi connectivity index (χ1) is 21.4. The van der Waals surface area contributed by atoms with Crippen molar-refractivity contribution < 1.29 is 23.6 Å². The monoisotopic (exact) mass is 714 g/mol. The highest BCUT2D eigenvalue weighted by atomic mass is 35.5. The highest BCUT2D eigenvalue weighted by Gasteiger charge is 2.32. The lowest BCUT2D eigenvalue weighted by molar-refractivity contribution is -0.125. The van der Waals surface area contributed by atoms with Gasteiger partial charge < -0.3 is 24.8 Å². The van der Waals surface area contributed by atoms with E-state index in [1.165, 1.54) is 11.1 Å². The minimum Gasteiger partial charge on any atom is -0.444 e. The molecule has 0 spiro atoms. The van der Waals surface area contributed by atoms with Crippen LogP contribution in [-0.2, 0) is 14.3 Å². The molecule has 2 unspecified atom stereocenters. The number of rotatable bonds is 10. The number of nitrogens with one attached hydrogen (secondary N) is 2. The Morgan fingerprint density at radius 2 is 1.54 bits per heavy atom. The number of carbonyl (C=O) groups excluding carboxylic acids is 3. The molecule has 0 aliphatic rings. The summed E-state index contributed by atoms with van der Waals surface area (Å²) in [5.41, 5.74) is 1.47. The Morgan fingerprint density at radius 1 is 0.935 bits per heavy atom. The molecule has 3 amide bonds. The van der Waals surface area contributed by atoms with Crippen molar-refractivity contribution >= 4 is 70.0 Å². The van der Waals surface area contributed by atoms with Crippen LogP contribution in [0.15, 0.2) is 59.3 Å². The number of carbonyl (C=O) groups is 3. The van der Waals surface area contributed by atoms with Crippen LogP contribution in [0, 0.1) is 18.8 Å². The summed E-state index contributed by atoms with van der Waals surface area (Å²) in [5.74, 6) is -0.688. The number of aromatic nitrogens is 1. The Labute approximate surface area is 291 Å². The van der Waals surface area contributed by atoms with E-state index in [-0.39, 0.29) is 18.4 Å². The van der Waals surface area contributed by atoms with E-state index < -0.39 is 40.4 Å². The third-order valence-electron chi connectivity index (χ3n) is 6.67. The quantitative estimate of drug-likeness (QED) is 0.204.